The average molecular weight is 807 g/mol. The molecule has 3 N–H and O–H groups in total. The maximum Gasteiger partial charge on any atom is 0.416 e. The summed E-state index contributed by atoms with van der Waals surface area (Å²) < 4.78 is 45.7. The van der Waals surface area contributed by atoms with Gasteiger partial charge in [0.15, 0.2) is 0 Å². The Morgan fingerprint density at radius 1 is 0.842 bits per heavy atom. The van der Waals surface area contributed by atoms with Gasteiger partial charge in [0.2, 0.25) is 0 Å². The summed E-state index contributed by atoms with van der Waals surface area (Å²) in [6.07, 6.45) is -0.999. The highest BCUT2D eigenvalue weighted by molar-refractivity contribution is 7.99. The highest BCUT2D eigenvalue weighted by Gasteiger charge is 2.30. The van der Waals surface area contributed by atoms with Crippen LogP contribution in [0.1, 0.15) is 105 Å². The Kier molecular flexibility index (Phi) is 15.7. The number of thioether (sulfide) groups is 1. The van der Waals surface area contributed by atoms with E-state index in [4.69, 9.17) is 9.84 Å². The highest BCUT2D eigenvalue weighted by atomic mass is 32.2. The number of anilines is 2. The smallest absolute Gasteiger partial charge is 0.416 e. The topological polar surface area (TPSA) is 121 Å². The second-order valence-electron chi connectivity index (χ2n) is 14.7. The summed E-state index contributed by atoms with van der Waals surface area (Å²) in [6.45, 7) is 14.2. The van der Waals surface area contributed by atoms with Crippen LogP contribution in [-0.4, -0.2) is 57.9 Å². The van der Waals surface area contributed by atoms with Gasteiger partial charge in [-0.2, -0.15) is 24.9 Å². The fourth-order valence-corrected chi connectivity index (χ4v) is 7.08. The monoisotopic (exact) mass is 806 g/mol. The van der Waals surface area contributed by atoms with E-state index in [-0.39, 0.29) is 29.2 Å². The van der Waals surface area contributed by atoms with Crippen LogP contribution in [0, 0.1) is 0 Å². The molecule has 0 aliphatic rings. The van der Waals surface area contributed by atoms with E-state index < -0.39 is 29.2 Å². The number of aromatic nitrogens is 1. The number of carbonyl (C=O) groups excluding carboxylic acids is 2. The summed E-state index contributed by atoms with van der Waals surface area (Å²) in [5.41, 5.74) is 3.17. The third-order valence-electron chi connectivity index (χ3n) is 9.97. The van der Waals surface area contributed by atoms with E-state index in [0.717, 1.165) is 49.3 Å². The zero-order chi connectivity index (χ0) is 41.8. The standard InChI is InChI=1S/C44H53F3N4O5S/c1-7-43(6,20-18-39(52)53)56-23-21-42(4,5)57-29-31-13-10-14-32(24-31)41(55)50-37-17-16-35(51(8-2)9-3)27-36(37)38-26-33(19-22-48-38)40(54)49-28-30-12-11-15-34(25-30)44(45,46)47/h10-17,19,22,24-27H,7-9,18,20-21,23,28-29H2,1-6H3,(H,49,54)(H,50,55)(H,52,53). The van der Waals surface area contributed by atoms with Gasteiger partial charge in [-0.05, 0) is 106 Å². The number of hydrogen-bond acceptors (Lipinski definition) is 7. The third kappa shape index (κ3) is 13.3. The molecule has 4 aromatic rings. The minimum absolute atomic E-state index is 0.0651. The summed E-state index contributed by atoms with van der Waals surface area (Å²) >= 11 is 1.75. The lowest BCUT2D eigenvalue weighted by Crippen LogP contribution is -2.31. The number of alkyl halides is 3. The quantitative estimate of drug-likeness (QED) is 0.0808. The molecular weight excluding hydrogens is 754 g/mol. The molecule has 0 aliphatic carbocycles. The molecule has 3 aromatic carbocycles. The number of ether oxygens (including phenoxy) is 1. The number of carboxylic acids is 1. The van der Waals surface area contributed by atoms with Crippen LogP contribution in [0.3, 0.4) is 0 Å². The number of pyridine rings is 1. The van der Waals surface area contributed by atoms with Gasteiger partial charge in [0.1, 0.15) is 0 Å². The first-order valence-corrected chi connectivity index (χ1v) is 20.1. The molecule has 4 rings (SSSR count). The van der Waals surface area contributed by atoms with Crippen LogP contribution in [0.15, 0.2) is 85.1 Å². The van der Waals surface area contributed by atoms with Gasteiger partial charge >= 0.3 is 12.1 Å². The fourth-order valence-electron chi connectivity index (χ4n) is 6.11. The molecule has 1 aromatic heterocycles. The molecule has 2 amide bonds. The zero-order valence-electron chi connectivity index (χ0n) is 33.5. The van der Waals surface area contributed by atoms with Gasteiger partial charge in [-0.15, -0.1) is 0 Å². The van der Waals surface area contributed by atoms with Gasteiger partial charge in [-0.25, -0.2) is 0 Å². The molecule has 0 saturated heterocycles. The second kappa shape index (κ2) is 20.0. The van der Waals surface area contributed by atoms with Crippen molar-refractivity contribution < 1.29 is 37.4 Å². The third-order valence-corrected chi connectivity index (χ3v) is 11.4. The number of halogens is 3. The molecule has 13 heteroatoms. The van der Waals surface area contributed by atoms with Crippen molar-refractivity contribution >= 4 is 40.9 Å². The van der Waals surface area contributed by atoms with Crippen molar-refractivity contribution in [2.75, 3.05) is 29.9 Å². The van der Waals surface area contributed by atoms with Gasteiger partial charge in [0, 0.05) is 71.7 Å². The first-order chi connectivity index (χ1) is 27.0. The largest absolute Gasteiger partial charge is 0.481 e. The SMILES string of the molecule is CCN(CC)c1ccc(NC(=O)c2cccc(CSC(C)(C)CCOC(C)(CC)CCC(=O)O)c2)c(-c2cc(C(=O)NCc3cccc(C(F)(F)F)c3)ccn2)c1. The fraction of sp³-hybridized carbons (Fsp3) is 0.409. The van der Waals surface area contributed by atoms with Crippen LogP contribution < -0.4 is 15.5 Å². The van der Waals surface area contributed by atoms with Crippen LogP contribution >= 0.6 is 11.8 Å². The van der Waals surface area contributed by atoms with Crippen LogP contribution in [-0.2, 0) is 28.0 Å². The van der Waals surface area contributed by atoms with Crippen molar-refractivity contribution in [3.8, 4) is 11.3 Å². The number of nitrogens with zero attached hydrogens (tertiary/aromatic N) is 2. The summed E-state index contributed by atoms with van der Waals surface area (Å²) in [4.78, 5) is 44.8. The normalized spacial score (nSPS) is 12.8. The van der Waals surface area contributed by atoms with Gasteiger partial charge in [0.25, 0.3) is 11.8 Å². The summed E-state index contributed by atoms with van der Waals surface area (Å²) in [5, 5.41) is 14.9. The van der Waals surface area contributed by atoms with E-state index in [9.17, 15) is 27.6 Å². The number of rotatable bonds is 20. The lowest BCUT2D eigenvalue weighted by atomic mass is 9.96. The van der Waals surface area contributed by atoms with Crippen molar-refractivity contribution in [2.24, 2.45) is 0 Å². The predicted octanol–water partition coefficient (Wildman–Crippen LogP) is 10.2. The Bertz CT molecular complexity index is 2000. The molecule has 0 bridgehead atoms. The maximum atomic E-state index is 13.8. The predicted molar refractivity (Wildman–Crippen MR) is 222 cm³/mol. The molecule has 1 atom stereocenters. The van der Waals surface area contributed by atoms with Crippen molar-refractivity contribution in [1.29, 1.82) is 0 Å². The van der Waals surface area contributed by atoms with Crippen LogP contribution in [0.5, 0.6) is 0 Å². The first kappa shape index (κ1) is 44.8. The van der Waals surface area contributed by atoms with Gasteiger partial charge < -0.3 is 25.4 Å². The van der Waals surface area contributed by atoms with Gasteiger partial charge in [-0.1, -0.05) is 45.0 Å². The van der Waals surface area contributed by atoms with Crippen LogP contribution in [0.4, 0.5) is 24.5 Å². The Balaban J connectivity index is 1.49. The molecule has 0 saturated carbocycles. The molecule has 0 fully saturated rings. The van der Waals surface area contributed by atoms with Crippen LogP contribution in [0.2, 0.25) is 0 Å². The second-order valence-corrected chi connectivity index (χ2v) is 16.4. The lowest BCUT2D eigenvalue weighted by molar-refractivity contribution is -0.139. The number of nitrogens with one attached hydrogen (secondary N) is 2. The summed E-state index contributed by atoms with van der Waals surface area (Å²) in [5.74, 6) is -0.973. The van der Waals surface area contributed by atoms with Crippen molar-refractivity contribution in [3.63, 3.8) is 0 Å². The Morgan fingerprint density at radius 3 is 2.23 bits per heavy atom. The Hall–Kier alpha value is -4.88. The Morgan fingerprint density at radius 2 is 1.54 bits per heavy atom. The summed E-state index contributed by atoms with van der Waals surface area (Å²) in [6, 6.07) is 21.1. The molecule has 1 unspecified atom stereocenters. The minimum atomic E-state index is -4.49. The molecule has 306 valence electrons. The van der Waals surface area contributed by atoms with Crippen molar-refractivity contribution in [2.45, 2.75) is 96.0 Å². The van der Waals surface area contributed by atoms with E-state index in [1.165, 1.54) is 24.4 Å². The van der Waals surface area contributed by atoms with E-state index in [1.807, 2.05) is 64.1 Å². The molecule has 9 nitrogen and oxygen atoms in total. The molecular formula is C44H53F3N4O5S. The molecule has 0 aliphatic heterocycles. The van der Waals surface area contributed by atoms with Gasteiger partial charge in [-0.3, -0.25) is 19.4 Å². The van der Waals surface area contributed by atoms with E-state index >= 15 is 0 Å². The number of carbonyl (C=O) groups is 3. The minimum Gasteiger partial charge on any atom is -0.481 e. The highest BCUT2D eigenvalue weighted by Crippen LogP contribution is 2.35. The van der Waals surface area contributed by atoms with Gasteiger partial charge in [0.05, 0.1) is 22.5 Å². The first-order valence-electron chi connectivity index (χ1n) is 19.2. The van der Waals surface area contributed by atoms with E-state index in [0.29, 0.717) is 46.9 Å². The number of hydrogen-bond donors (Lipinski definition) is 3. The maximum absolute atomic E-state index is 13.8. The van der Waals surface area contributed by atoms with Crippen LogP contribution in [0.25, 0.3) is 11.3 Å². The van der Waals surface area contributed by atoms with Crippen molar-refractivity contribution in [1.82, 2.24) is 10.3 Å². The molecule has 57 heavy (non-hydrogen) atoms. The number of carboxylic acid groups (broad SMARTS) is 1. The summed E-state index contributed by atoms with van der Waals surface area (Å²) in [7, 11) is 0. The molecule has 0 spiro atoms. The van der Waals surface area contributed by atoms with Crippen molar-refractivity contribution in [3.05, 3.63) is 113 Å². The Labute approximate surface area is 337 Å². The zero-order valence-corrected chi connectivity index (χ0v) is 34.3. The number of amides is 2. The molecule has 0 radical (unpaired) electrons. The lowest BCUT2D eigenvalue weighted by Gasteiger charge is -2.31. The van der Waals surface area contributed by atoms with E-state index in [1.54, 1.807) is 23.9 Å². The molecule has 1 heterocycles. The van der Waals surface area contributed by atoms with E-state index in [2.05, 4.69) is 34.4 Å². The number of aliphatic carboxylic acids is 1. The average Bonchev–Trinajstić information content (AvgIpc) is 3.19. The number of benzene rings is 3.